The Morgan fingerprint density at radius 2 is 0.951 bits per heavy atom. The van der Waals surface area contributed by atoms with E-state index in [0.29, 0.717) is 38.9 Å². The van der Waals surface area contributed by atoms with Gasteiger partial charge in [0.1, 0.15) is 6.04 Å². The largest absolute Gasteiger partial charge is 0.356 e. The fraction of sp³-hybridized carbons (Fsp3) is 0.912. The van der Waals surface area contributed by atoms with Gasteiger partial charge in [0.05, 0.1) is 0 Å². The molecule has 0 aromatic rings. The number of hydrogen-bond acceptors (Lipinski definition) is 4. The van der Waals surface area contributed by atoms with Crippen LogP contribution in [0, 0.1) is 0 Å². The Kier molecular flexibility index (Phi) is 30.1. The van der Waals surface area contributed by atoms with Crippen LogP contribution in [0.2, 0.25) is 0 Å². The monoisotopic (exact) mass is 581 g/mol. The summed E-state index contributed by atoms with van der Waals surface area (Å²) < 4.78 is 0. The van der Waals surface area contributed by atoms with Crippen LogP contribution in [0.5, 0.6) is 0 Å². The molecule has 0 aliphatic heterocycles. The molecule has 0 unspecified atom stereocenters. The van der Waals surface area contributed by atoms with Crippen LogP contribution in [0.1, 0.15) is 174 Å². The van der Waals surface area contributed by atoms with E-state index in [1.807, 2.05) is 0 Å². The SMILES string of the molecule is CCCCCCCCCCCC(=O)NCCCC[C@H](NC(=O)CCCCCCCCCCC)C(=O)NCCCCN. The van der Waals surface area contributed by atoms with Crippen molar-refractivity contribution in [3.05, 3.63) is 0 Å². The lowest BCUT2D eigenvalue weighted by Crippen LogP contribution is -2.47. The molecule has 7 heteroatoms. The maximum absolute atomic E-state index is 12.8. The number of carbonyl (C=O) groups excluding carboxylic acids is 3. The first-order valence-corrected chi connectivity index (χ1v) is 17.6. The number of nitrogens with two attached hydrogens (primary N) is 1. The van der Waals surface area contributed by atoms with Gasteiger partial charge in [-0.25, -0.2) is 0 Å². The molecule has 1 atom stereocenters. The van der Waals surface area contributed by atoms with Crippen molar-refractivity contribution in [2.24, 2.45) is 5.73 Å². The summed E-state index contributed by atoms with van der Waals surface area (Å²) in [6, 6.07) is -0.517. The minimum atomic E-state index is -0.517. The Balaban J connectivity index is 4.13. The molecule has 3 amide bonds. The van der Waals surface area contributed by atoms with Crippen LogP contribution >= 0.6 is 0 Å². The van der Waals surface area contributed by atoms with Crippen LogP contribution in [0.15, 0.2) is 0 Å². The molecule has 7 nitrogen and oxygen atoms in total. The average molecular weight is 581 g/mol. The second-order valence-corrected chi connectivity index (χ2v) is 11.9. The van der Waals surface area contributed by atoms with Crippen molar-refractivity contribution < 1.29 is 14.4 Å². The van der Waals surface area contributed by atoms with Crippen LogP contribution in [-0.4, -0.2) is 43.4 Å². The lowest BCUT2D eigenvalue weighted by Gasteiger charge is -2.19. The van der Waals surface area contributed by atoms with Crippen LogP contribution in [0.4, 0.5) is 0 Å². The van der Waals surface area contributed by atoms with Gasteiger partial charge in [0.15, 0.2) is 0 Å². The minimum absolute atomic E-state index is 0.0377. The summed E-state index contributed by atoms with van der Waals surface area (Å²) in [5, 5.41) is 8.96. The summed E-state index contributed by atoms with van der Waals surface area (Å²) in [7, 11) is 0. The van der Waals surface area contributed by atoms with Gasteiger partial charge in [0.2, 0.25) is 17.7 Å². The van der Waals surface area contributed by atoms with E-state index in [1.54, 1.807) is 0 Å². The lowest BCUT2D eigenvalue weighted by molar-refractivity contribution is -0.129. The van der Waals surface area contributed by atoms with Crippen molar-refractivity contribution in [2.75, 3.05) is 19.6 Å². The Morgan fingerprint density at radius 3 is 1.46 bits per heavy atom. The van der Waals surface area contributed by atoms with Crippen LogP contribution < -0.4 is 21.7 Å². The number of rotatable bonds is 31. The molecule has 0 heterocycles. The highest BCUT2D eigenvalue weighted by molar-refractivity contribution is 5.87. The molecule has 0 radical (unpaired) electrons. The first-order chi connectivity index (χ1) is 20.0. The quantitative estimate of drug-likeness (QED) is 0.0638. The number of hydrogen-bond donors (Lipinski definition) is 4. The van der Waals surface area contributed by atoms with Crippen molar-refractivity contribution >= 4 is 17.7 Å². The summed E-state index contributed by atoms with van der Waals surface area (Å²) in [4.78, 5) is 37.5. The second-order valence-electron chi connectivity index (χ2n) is 11.9. The molecule has 0 aromatic carbocycles. The summed E-state index contributed by atoms with van der Waals surface area (Å²) in [5.74, 6) is -0.0300. The Hall–Kier alpha value is -1.63. The Morgan fingerprint density at radius 1 is 0.512 bits per heavy atom. The predicted molar refractivity (Wildman–Crippen MR) is 174 cm³/mol. The van der Waals surface area contributed by atoms with E-state index in [2.05, 4.69) is 29.8 Å². The van der Waals surface area contributed by atoms with E-state index in [4.69, 9.17) is 5.73 Å². The minimum Gasteiger partial charge on any atom is -0.356 e. The molecule has 0 bridgehead atoms. The molecule has 0 fully saturated rings. The molecule has 0 aromatic heterocycles. The molecule has 41 heavy (non-hydrogen) atoms. The van der Waals surface area contributed by atoms with E-state index >= 15 is 0 Å². The van der Waals surface area contributed by atoms with Gasteiger partial charge in [-0.1, -0.05) is 117 Å². The molecule has 0 spiro atoms. The first-order valence-electron chi connectivity index (χ1n) is 17.6. The smallest absolute Gasteiger partial charge is 0.242 e. The third-order valence-electron chi connectivity index (χ3n) is 7.84. The predicted octanol–water partition coefficient (Wildman–Crippen LogP) is 7.45. The van der Waals surface area contributed by atoms with Gasteiger partial charge in [-0.15, -0.1) is 0 Å². The summed E-state index contributed by atoms with van der Waals surface area (Å²) in [6.07, 6.45) is 27.1. The Labute approximate surface area is 253 Å². The van der Waals surface area contributed by atoms with Crippen LogP contribution in [0.25, 0.3) is 0 Å². The molecule has 0 saturated heterocycles. The van der Waals surface area contributed by atoms with Gasteiger partial charge in [-0.3, -0.25) is 14.4 Å². The maximum atomic E-state index is 12.8. The van der Waals surface area contributed by atoms with E-state index in [1.165, 1.54) is 89.9 Å². The van der Waals surface area contributed by atoms with Gasteiger partial charge in [0, 0.05) is 25.9 Å². The van der Waals surface area contributed by atoms with Crippen molar-refractivity contribution in [3.63, 3.8) is 0 Å². The standard InChI is InChI=1S/C34H68N4O3/c1-3-5-7-9-11-13-15-17-19-26-32(39)36-29-23-21-25-31(34(41)37-30-24-22-28-35)38-33(40)27-20-18-16-14-12-10-8-6-4-2/h31H,3-30,35H2,1-2H3,(H,36,39)(H,37,41)(H,38,40)/t31-/m0/s1. The number of nitrogens with one attached hydrogen (secondary N) is 3. The third kappa shape index (κ3) is 28.3. The van der Waals surface area contributed by atoms with Gasteiger partial charge < -0.3 is 21.7 Å². The maximum Gasteiger partial charge on any atom is 0.242 e. The summed E-state index contributed by atoms with van der Waals surface area (Å²) in [6.45, 7) is 6.29. The zero-order valence-corrected chi connectivity index (χ0v) is 27.2. The molecule has 0 rings (SSSR count). The third-order valence-corrected chi connectivity index (χ3v) is 7.84. The van der Waals surface area contributed by atoms with Crippen molar-refractivity contribution in [3.8, 4) is 0 Å². The zero-order valence-electron chi connectivity index (χ0n) is 27.2. The van der Waals surface area contributed by atoms with Crippen LogP contribution in [0.3, 0.4) is 0 Å². The second kappa shape index (κ2) is 31.3. The lowest BCUT2D eigenvalue weighted by atomic mass is 10.1. The number of amides is 3. The molecular weight excluding hydrogens is 512 g/mol. The highest BCUT2D eigenvalue weighted by Gasteiger charge is 2.20. The van der Waals surface area contributed by atoms with Gasteiger partial charge in [-0.05, 0) is 51.5 Å². The topological polar surface area (TPSA) is 113 Å². The van der Waals surface area contributed by atoms with Crippen molar-refractivity contribution in [1.82, 2.24) is 16.0 Å². The molecule has 0 aliphatic rings. The molecule has 0 saturated carbocycles. The summed E-state index contributed by atoms with van der Waals surface area (Å²) in [5.41, 5.74) is 5.56. The zero-order chi connectivity index (χ0) is 30.2. The summed E-state index contributed by atoms with van der Waals surface area (Å²) >= 11 is 0. The molecule has 0 aliphatic carbocycles. The normalized spacial score (nSPS) is 11.8. The van der Waals surface area contributed by atoms with E-state index in [-0.39, 0.29) is 17.7 Å². The molecule has 5 N–H and O–H groups in total. The average Bonchev–Trinajstić information content (AvgIpc) is 2.96. The van der Waals surface area contributed by atoms with Gasteiger partial charge >= 0.3 is 0 Å². The number of unbranched alkanes of at least 4 members (excludes halogenated alkanes) is 18. The van der Waals surface area contributed by atoms with E-state index in [9.17, 15) is 14.4 Å². The van der Waals surface area contributed by atoms with Crippen molar-refractivity contribution in [2.45, 2.75) is 180 Å². The highest BCUT2D eigenvalue weighted by atomic mass is 16.2. The fourth-order valence-corrected chi connectivity index (χ4v) is 5.12. The van der Waals surface area contributed by atoms with Crippen LogP contribution in [-0.2, 0) is 14.4 Å². The fourth-order valence-electron chi connectivity index (χ4n) is 5.12. The van der Waals surface area contributed by atoms with E-state index < -0.39 is 6.04 Å². The molecular formula is C34H68N4O3. The first kappa shape index (κ1) is 39.4. The van der Waals surface area contributed by atoms with Gasteiger partial charge in [0.25, 0.3) is 0 Å². The van der Waals surface area contributed by atoms with E-state index in [0.717, 1.165) is 51.4 Å². The highest BCUT2D eigenvalue weighted by Crippen LogP contribution is 2.12. The van der Waals surface area contributed by atoms with Gasteiger partial charge in [-0.2, -0.15) is 0 Å². The van der Waals surface area contributed by atoms with Crippen molar-refractivity contribution in [1.29, 1.82) is 0 Å². The Bertz CT molecular complexity index is 615. The molecule has 242 valence electrons. The number of carbonyl (C=O) groups is 3.